The minimum Gasteiger partial charge on any atom is -0.321 e. The molecule has 92 valence electrons. The summed E-state index contributed by atoms with van der Waals surface area (Å²) >= 11 is 0. The summed E-state index contributed by atoms with van der Waals surface area (Å²) in [7, 11) is 5.74. The van der Waals surface area contributed by atoms with Gasteiger partial charge >= 0.3 is 0 Å². The first kappa shape index (κ1) is 19.6. The Bertz CT molecular complexity index is 234. The van der Waals surface area contributed by atoms with E-state index in [0.717, 1.165) is 5.62 Å². The summed E-state index contributed by atoms with van der Waals surface area (Å²) in [5.41, 5.74) is 0.981. The van der Waals surface area contributed by atoms with Crippen LogP contribution in [0.1, 0.15) is 41.5 Å². The first-order valence-corrected chi connectivity index (χ1v) is 5.86. The zero-order valence-corrected chi connectivity index (χ0v) is 12.0. The maximum absolute atomic E-state index is 4.06. The molecule has 0 aliphatic rings. The molecule has 0 atom stereocenters. The van der Waals surface area contributed by atoms with Crippen molar-refractivity contribution in [3.63, 3.8) is 0 Å². The highest BCUT2D eigenvalue weighted by atomic mass is 15.1. The van der Waals surface area contributed by atoms with Crippen LogP contribution in [0.5, 0.6) is 0 Å². The molecule has 3 nitrogen and oxygen atoms in total. The van der Waals surface area contributed by atoms with Gasteiger partial charge in [0.2, 0.25) is 5.62 Å². The third-order valence-electron chi connectivity index (χ3n) is 1.34. The van der Waals surface area contributed by atoms with Crippen LogP contribution in [0.2, 0.25) is 0 Å². The van der Waals surface area contributed by atoms with Gasteiger partial charge in [0, 0.05) is 33.5 Å². The fraction of sp³-hybridized carbons (Fsp3) is 0.750. The second-order valence-corrected chi connectivity index (χ2v) is 2.04. The fourth-order valence-corrected chi connectivity index (χ4v) is 0.898. The Morgan fingerprint density at radius 2 is 1.07 bits per heavy atom. The molecule has 0 amide bonds. The molecule has 0 spiro atoms. The molecule has 0 unspecified atom stereocenters. The first-order valence-electron chi connectivity index (χ1n) is 5.86. The molecule has 0 aliphatic heterocycles. The van der Waals surface area contributed by atoms with E-state index >= 15 is 0 Å². The highest BCUT2D eigenvalue weighted by Gasteiger charge is 1.87. The van der Waals surface area contributed by atoms with E-state index in [1.807, 2.05) is 77.2 Å². The van der Waals surface area contributed by atoms with Crippen molar-refractivity contribution in [3.8, 4) is 0 Å². The van der Waals surface area contributed by atoms with Crippen LogP contribution >= 0.6 is 0 Å². The van der Waals surface area contributed by atoms with Gasteiger partial charge in [-0.2, -0.15) is 0 Å². The average Bonchev–Trinajstić information content (AvgIpc) is 2.66. The maximum atomic E-state index is 4.06. The number of rotatable bonds is 0. The summed E-state index contributed by atoms with van der Waals surface area (Å²) < 4.78 is 3.94. The van der Waals surface area contributed by atoms with Crippen LogP contribution in [0.3, 0.4) is 0 Å². The van der Waals surface area contributed by atoms with E-state index < -0.39 is 0 Å². The van der Waals surface area contributed by atoms with Crippen LogP contribution in [0.25, 0.3) is 0 Å². The van der Waals surface area contributed by atoms with E-state index in [4.69, 9.17) is 0 Å². The smallest absolute Gasteiger partial charge is 0.204 e. The number of aromatic nitrogens is 2. The summed E-state index contributed by atoms with van der Waals surface area (Å²) in [5, 5.41) is 0. The summed E-state index contributed by atoms with van der Waals surface area (Å²) in [6.45, 7) is 12.0. The quantitative estimate of drug-likeness (QED) is 0.635. The Hall–Kier alpha value is -0.990. The molecule has 0 fully saturated rings. The van der Waals surface area contributed by atoms with E-state index in [9.17, 15) is 0 Å². The van der Waals surface area contributed by atoms with Gasteiger partial charge in [-0.25, -0.2) is 0 Å². The van der Waals surface area contributed by atoms with E-state index in [0.29, 0.717) is 0 Å². The minimum absolute atomic E-state index is 0.981. The highest BCUT2D eigenvalue weighted by Crippen LogP contribution is 1.74. The molecule has 0 aliphatic carbocycles. The Morgan fingerprint density at radius 1 is 0.800 bits per heavy atom. The van der Waals surface area contributed by atoms with E-state index in [-0.39, 0.29) is 0 Å². The molecule has 15 heavy (non-hydrogen) atoms. The summed E-state index contributed by atoms with van der Waals surface area (Å²) in [6.07, 6.45) is 3.95. The zero-order chi connectivity index (χ0) is 12.9. The lowest BCUT2D eigenvalue weighted by molar-refractivity contribution is 0.738. The molecular weight excluding hydrogens is 186 g/mol. The van der Waals surface area contributed by atoms with Crippen molar-refractivity contribution in [2.75, 3.05) is 7.05 Å². The Labute approximate surface area is 95.5 Å². The molecule has 1 heterocycles. The van der Waals surface area contributed by atoms with Crippen molar-refractivity contribution in [2.24, 2.45) is 19.1 Å². The van der Waals surface area contributed by atoms with Crippen molar-refractivity contribution in [1.82, 2.24) is 9.13 Å². The van der Waals surface area contributed by atoms with Crippen LogP contribution in [-0.4, -0.2) is 16.2 Å². The van der Waals surface area contributed by atoms with Gasteiger partial charge in [-0.15, -0.1) is 0 Å². The predicted molar refractivity (Wildman–Crippen MR) is 69.9 cm³/mol. The monoisotopic (exact) mass is 215 g/mol. The van der Waals surface area contributed by atoms with Crippen LogP contribution < -0.4 is 5.62 Å². The lowest BCUT2D eigenvalue weighted by atomic mass is 10.9. The number of aryl methyl sites for hydroxylation is 2. The molecule has 0 N–H and O–H groups in total. The number of imidazole rings is 1. The molecule has 0 aromatic carbocycles. The number of nitrogens with zero attached hydrogens (tertiary/aromatic N) is 3. The SMILES string of the molecule is CC.CC.CC.CN=c1n(C)ccn1C. The lowest BCUT2D eigenvalue weighted by Crippen LogP contribution is -2.20. The van der Waals surface area contributed by atoms with E-state index in [1.54, 1.807) is 7.05 Å². The number of hydrogen-bond acceptors (Lipinski definition) is 1. The number of hydrogen-bond donors (Lipinski definition) is 0. The van der Waals surface area contributed by atoms with Gasteiger partial charge in [-0.1, -0.05) is 41.5 Å². The fourth-order valence-electron chi connectivity index (χ4n) is 0.898. The van der Waals surface area contributed by atoms with Crippen LogP contribution in [0.4, 0.5) is 0 Å². The van der Waals surface area contributed by atoms with Crippen molar-refractivity contribution in [2.45, 2.75) is 41.5 Å². The van der Waals surface area contributed by atoms with Crippen molar-refractivity contribution in [1.29, 1.82) is 0 Å². The molecule has 0 saturated heterocycles. The van der Waals surface area contributed by atoms with Crippen LogP contribution in [-0.2, 0) is 14.1 Å². The second kappa shape index (κ2) is 15.5. The van der Waals surface area contributed by atoms with Crippen LogP contribution in [0.15, 0.2) is 17.4 Å². The van der Waals surface area contributed by atoms with Crippen LogP contribution in [0, 0.1) is 0 Å². The van der Waals surface area contributed by atoms with Gasteiger partial charge in [-0.05, 0) is 0 Å². The Kier molecular flexibility index (Phi) is 20.2. The highest BCUT2D eigenvalue weighted by molar-refractivity contribution is 4.76. The topological polar surface area (TPSA) is 22.2 Å². The van der Waals surface area contributed by atoms with Gasteiger partial charge in [-0.3, -0.25) is 4.99 Å². The van der Waals surface area contributed by atoms with Gasteiger partial charge in [0.15, 0.2) is 0 Å². The summed E-state index contributed by atoms with van der Waals surface area (Å²) in [6, 6.07) is 0. The minimum atomic E-state index is 0.981. The predicted octanol–water partition coefficient (Wildman–Crippen LogP) is 2.97. The van der Waals surface area contributed by atoms with Gasteiger partial charge in [0.05, 0.1) is 0 Å². The Morgan fingerprint density at radius 3 is 1.20 bits per heavy atom. The standard InChI is InChI=1S/C6H11N3.3C2H6/c1-7-6-8(2)4-5-9(6)3;3*1-2/h4-5H,1-3H3;3*1-2H3. The largest absolute Gasteiger partial charge is 0.321 e. The average molecular weight is 215 g/mol. The molecule has 1 rings (SSSR count). The molecule has 1 aromatic rings. The molecule has 0 saturated carbocycles. The lowest BCUT2D eigenvalue weighted by Gasteiger charge is -1.89. The third kappa shape index (κ3) is 8.03. The first-order chi connectivity index (χ1) is 7.25. The van der Waals surface area contributed by atoms with Crippen molar-refractivity contribution < 1.29 is 0 Å². The van der Waals surface area contributed by atoms with Crippen molar-refractivity contribution >= 4 is 0 Å². The van der Waals surface area contributed by atoms with E-state index in [2.05, 4.69) is 4.99 Å². The molecule has 0 bridgehead atoms. The zero-order valence-electron chi connectivity index (χ0n) is 12.0. The molecular formula is C12H29N3. The molecule has 0 radical (unpaired) electrons. The van der Waals surface area contributed by atoms with Crippen molar-refractivity contribution in [3.05, 3.63) is 18.0 Å². The third-order valence-corrected chi connectivity index (χ3v) is 1.34. The van der Waals surface area contributed by atoms with E-state index in [1.165, 1.54) is 0 Å². The molecule has 1 aromatic heterocycles. The maximum Gasteiger partial charge on any atom is 0.204 e. The van der Waals surface area contributed by atoms with Gasteiger partial charge < -0.3 is 9.13 Å². The molecule has 3 heteroatoms. The van der Waals surface area contributed by atoms with Gasteiger partial charge in [0.25, 0.3) is 0 Å². The second-order valence-electron chi connectivity index (χ2n) is 2.04. The van der Waals surface area contributed by atoms with Gasteiger partial charge in [0.1, 0.15) is 0 Å². The Balaban J connectivity index is -0.000000208. The summed E-state index contributed by atoms with van der Waals surface area (Å²) in [5.74, 6) is 0. The normalized spacial score (nSPS) is 7.00. The summed E-state index contributed by atoms with van der Waals surface area (Å²) in [4.78, 5) is 4.06.